The summed E-state index contributed by atoms with van der Waals surface area (Å²) in [6.45, 7) is 0.454. The number of pyridine rings is 1. The van der Waals surface area contributed by atoms with Gasteiger partial charge in [-0.05, 0) is 54.6 Å². The highest BCUT2D eigenvalue weighted by Gasteiger charge is 2.31. The Hall–Kier alpha value is -3.37. The summed E-state index contributed by atoms with van der Waals surface area (Å²) in [4.78, 5) is 18.0. The van der Waals surface area contributed by atoms with Gasteiger partial charge >= 0.3 is 0 Å². The third-order valence-corrected chi connectivity index (χ3v) is 6.92. The van der Waals surface area contributed by atoms with Crippen LogP contribution in [0.2, 0.25) is 0 Å². The number of nitrogens with zero attached hydrogens (tertiary/aromatic N) is 3. The molecule has 0 unspecified atom stereocenters. The van der Waals surface area contributed by atoms with Gasteiger partial charge in [0.15, 0.2) is 11.6 Å². The lowest BCUT2D eigenvalue weighted by atomic mass is 10.2. The molecular weight excluding hydrogens is 440 g/mol. The van der Waals surface area contributed by atoms with Crippen molar-refractivity contribution < 1.29 is 26.7 Å². The van der Waals surface area contributed by atoms with Crippen LogP contribution >= 0.6 is 0 Å². The van der Waals surface area contributed by atoms with Gasteiger partial charge < -0.3 is 9.64 Å². The summed E-state index contributed by atoms with van der Waals surface area (Å²) < 4.78 is 58.8. The Labute approximate surface area is 183 Å². The number of sulfonamides is 1. The van der Waals surface area contributed by atoms with E-state index in [4.69, 9.17) is 4.74 Å². The largest absolute Gasteiger partial charge is 0.456 e. The fraction of sp³-hybridized carbons (Fsp3) is 0.182. The van der Waals surface area contributed by atoms with Crippen LogP contribution in [0, 0.1) is 11.6 Å². The molecule has 0 radical (unpaired) electrons. The Morgan fingerprint density at radius 2 is 1.62 bits per heavy atom. The van der Waals surface area contributed by atoms with E-state index < -0.39 is 21.7 Å². The Morgan fingerprint density at radius 1 is 0.906 bits per heavy atom. The Kier molecular flexibility index (Phi) is 6.15. The first-order valence-electron chi connectivity index (χ1n) is 9.77. The second-order valence-corrected chi connectivity index (χ2v) is 9.03. The number of amides is 1. The molecule has 0 saturated carbocycles. The fourth-order valence-corrected chi connectivity index (χ4v) is 4.74. The van der Waals surface area contributed by atoms with E-state index >= 15 is 0 Å². The highest BCUT2D eigenvalue weighted by atomic mass is 32.2. The summed E-state index contributed by atoms with van der Waals surface area (Å²) in [6, 6.07) is 12.6. The Bertz CT molecular complexity index is 1210. The number of halogens is 2. The van der Waals surface area contributed by atoms with Gasteiger partial charge in [-0.15, -0.1) is 0 Å². The Balaban J connectivity index is 1.38. The molecule has 0 aliphatic carbocycles. The van der Waals surface area contributed by atoms with E-state index in [0.717, 1.165) is 16.4 Å². The first kappa shape index (κ1) is 21.8. The van der Waals surface area contributed by atoms with Gasteiger partial charge in [0.1, 0.15) is 11.5 Å². The maximum atomic E-state index is 13.5. The monoisotopic (exact) mass is 459 g/mol. The molecule has 1 saturated heterocycles. The van der Waals surface area contributed by atoms with Crippen molar-refractivity contribution in [1.82, 2.24) is 14.2 Å². The van der Waals surface area contributed by atoms with Gasteiger partial charge in [0.05, 0.1) is 11.1 Å². The number of benzene rings is 2. The number of hydrogen-bond donors (Lipinski definition) is 0. The lowest BCUT2D eigenvalue weighted by molar-refractivity contribution is 0.0698. The summed E-state index contributed by atoms with van der Waals surface area (Å²) >= 11 is 0. The molecule has 10 heteroatoms. The van der Waals surface area contributed by atoms with Crippen LogP contribution in [0.4, 0.5) is 8.78 Å². The molecular formula is C22H19F2N3O4S. The van der Waals surface area contributed by atoms with Gasteiger partial charge in [-0.3, -0.25) is 9.78 Å². The van der Waals surface area contributed by atoms with Crippen LogP contribution in [0.15, 0.2) is 71.9 Å². The molecule has 32 heavy (non-hydrogen) atoms. The zero-order valence-corrected chi connectivity index (χ0v) is 17.6. The number of rotatable bonds is 5. The maximum absolute atomic E-state index is 13.5. The fourth-order valence-electron chi connectivity index (χ4n) is 3.31. The molecule has 3 aromatic rings. The van der Waals surface area contributed by atoms with Crippen molar-refractivity contribution in [1.29, 1.82) is 0 Å². The molecule has 7 nitrogen and oxygen atoms in total. The van der Waals surface area contributed by atoms with Crippen LogP contribution in [0.5, 0.6) is 11.5 Å². The molecule has 166 valence electrons. The topological polar surface area (TPSA) is 79.8 Å². The number of hydrogen-bond acceptors (Lipinski definition) is 5. The number of carbonyl (C=O) groups excluding carboxylic acids is 1. The molecule has 1 aliphatic heterocycles. The van der Waals surface area contributed by atoms with Gasteiger partial charge in [-0.1, -0.05) is 0 Å². The van der Waals surface area contributed by atoms with Crippen LogP contribution < -0.4 is 4.74 Å². The third-order valence-electron chi connectivity index (χ3n) is 5.03. The van der Waals surface area contributed by atoms with Crippen LogP contribution in [0.1, 0.15) is 10.4 Å². The molecule has 1 fully saturated rings. The zero-order chi connectivity index (χ0) is 22.7. The van der Waals surface area contributed by atoms with E-state index in [0.29, 0.717) is 23.1 Å². The average molecular weight is 459 g/mol. The van der Waals surface area contributed by atoms with Crippen molar-refractivity contribution in [2.75, 3.05) is 26.2 Å². The molecule has 0 spiro atoms. The highest BCUT2D eigenvalue weighted by Crippen LogP contribution is 2.23. The summed E-state index contributed by atoms with van der Waals surface area (Å²) in [7, 11) is -3.98. The highest BCUT2D eigenvalue weighted by molar-refractivity contribution is 7.89. The van der Waals surface area contributed by atoms with E-state index in [2.05, 4.69) is 4.98 Å². The smallest absolute Gasteiger partial charge is 0.253 e. The van der Waals surface area contributed by atoms with Gasteiger partial charge in [-0.25, -0.2) is 17.2 Å². The Morgan fingerprint density at radius 3 is 2.25 bits per heavy atom. The number of aromatic nitrogens is 1. The number of piperazine rings is 1. The van der Waals surface area contributed by atoms with Crippen molar-refractivity contribution >= 4 is 15.9 Å². The standard InChI is InChI=1S/C22H19F2N3O4S/c23-20-8-7-19(14-21(20)24)32(29,30)27-12-10-26(11-13-27)22(28)16-3-5-17(6-4-16)31-18-2-1-9-25-15-18/h1-9,14-15H,10-13H2. The molecule has 1 aromatic heterocycles. The summed E-state index contributed by atoms with van der Waals surface area (Å²) in [5.41, 5.74) is 0.445. The van der Waals surface area contributed by atoms with E-state index in [1.165, 1.54) is 0 Å². The maximum Gasteiger partial charge on any atom is 0.253 e. The summed E-state index contributed by atoms with van der Waals surface area (Å²) in [5.74, 6) is -1.45. The van der Waals surface area contributed by atoms with Crippen LogP contribution in [-0.2, 0) is 10.0 Å². The second kappa shape index (κ2) is 9.01. The molecule has 1 aliphatic rings. The number of ether oxygens (including phenoxy) is 1. The van der Waals surface area contributed by atoms with Gasteiger partial charge in [0.25, 0.3) is 5.91 Å². The molecule has 0 bridgehead atoms. The minimum absolute atomic E-state index is 0.0509. The van der Waals surface area contributed by atoms with Crippen molar-refractivity contribution in [2.24, 2.45) is 0 Å². The van der Waals surface area contributed by atoms with E-state index in [1.54, 1.807) is 53.7 Å². The van der Waals surface area contributed by atoms with Crippen molar-refractivity contribution in [2.45, 2.75) is 4.90 Å². The predicted molar refractivity (Wildman–Crippen MR) is 112 cm³/mol. The van der Waals surface area contributed by atoms with E-state index in [-0.39, 0.29) is 37.0 Å². The van der Waals surface area contributed by atoms with Gasteiger partial charge in [-0.2, -0.15) is 4.31 Å². The summed E-state index contributed by atoms with van der Waals surface area (Å²) in [5, 5.41) is 0. The minimum Gasteiger partial charge on any atom is -0.456 e. The van der Waals surface area contributed by atoms with E-state index in [9.17, 15) is 22.0 Å². The first-order valence-corrected chi connectivity index (χ1v) is 11.2. The van der Waals surface area contributed by atoms with Crippen LogP contribution in [0.25, 0.3) is 0 Å². The number of carbonyl (C=O) groups is 1. The second-order valence-electron chi connectivity index (χ2n) is 7.09. The minimum atomic E-state index is -3.98. The molecule has 2 aromatic carbocycles. The quantitative estimate of drug-likeness (QED) is 0.585. The van der Waals surface area contributed by atoms with Crippen molar-refractivity contribution in [3.8, 4) is 11.5 Å². The lowest BCUT2D eigenvalue weighted by Gasteiger charge is -2.34. The van der Waals surface area contributed by atoms with Gasteiger partial charge in [0.2, 0.25) is 10.0 Å². The van der Waals surface area contributed by atoms with E-state index in [1.807, 2.05) is 0 Å². The lowest BCUT2D eigenvalue weighted by Crippen LogP contribution is -2.50. The normalized spacial score (nSPS) is 14.9. The molecule has 0 N–H and O–H groups in total. The molecule has 2 heterocycles. The van der Waals surface area contributed by atoms with Crippen molar-refractivity contribution in [3.05, 3.63) is 84.2 Å². The van der Waals surface area contributed by atoms with Crippen molar-refractivity contribution in [3.63, 3.8) is 0 Å². The molecule has 0 atom stereocenters. The average Bonchev–Trinajstić information content (AvgIpc) is 2.81. The predicted octanol–water partition coefficient (Wildman–Crippen LogP) is 3.30. The third kappa shape index (κ3) is 4.61. The molecule has 1 amide bonds. The SMILES string of the molecule is O=C(c1ccc(Oc2cccnc2)cc1)N1CCN(S(=O)(=O)c2ccc(F)c(F)c2)CC1. The van der Waals surface area contributed by atoms with Gasteiger partial charge in [0, 0.05) is 37.9 Å². The zero-order valence-electron chi connectivity index (χ0n) is 16.8. The molecule has 4 rings (SSSR count). The first-order chi connectivity index (χ1) is 15.3. The van der Waals surface area contributed by atoms with Crippen LogP contribution in [0.3, 0.4) is 0 Å². The van der Waals surface area contributed by atoms with Crippen LogP contribution in [-0.4, -0.2) is 54.7 Å². The summed E-state index contributed by atoms with van der Waals surface area (Å²) in [6.07, 6.45) is 3.21.